The number of ether oxygens (including phenoxy) is 1. The van der Waals surface area contributed by atoms with Crippen molar-refractivity contribution in [3.05, 3.63) is 65.2 Å². The third-order valence-corrected chi connectivity index (χ3v) is 6.28. The van der Waals surface area contributed by atoms with Gasteiger partial charge in [0.15, 0.2) is 0 Å². The van der Waals surface area contributed by atoms with Crippen LogP contribution in [0.5, 0.6) is 5.75 Å². The van der Waals surface area contributed by atoms with E-state index in [-0.39, 0.29) is 0 Å². The van der Waals surface area contributed by atoms with Gasteiger partial charge in [-0.3, -0.25) is 0 Å². The first kappa shape index (κ1) is 21.9. The largest absolute Gasteiger partial charge is 0.491 e. The van der Waals surface area contributed by atoms with Crippen molar-refractivity contribution in [1.82, 2.24) is 0 Å². The maximum absolute atomic E-state index is 10.9. The molecule has 0 amide bonds. The van der Waals surface area contributed by atoms with Crippen LogP contribution >= 0.6 is 0 Å². The maximum atomic E-state index is 10.9. The van der Waals surface area contributed by atoms with Crippen LogP contribution in [0.2, 0.25) is 0 Å². The summed E-state index contributed by atoms with van der Waals surface area (Å²) in [7, 11) is 0. The Kier molecular flexibility index (Phi) is 7.74. The number of hydrogen-bond donors (Lipinski definition) is 1. The van der Waals surface area contributed by atoms with Gasteiger partial charge in [0.2, 0.25) is 0 Å². The Morgan fingerprint density at radius 3 is 2.28 bits per heavy atom. The Morgan fingerprint density at radius 2 is 1.66 bits per heavy atom. The molecule has 0 saturated carbocycles. The second-order valence-corrected chi connectivity index (χ2v) is 9.17. The Bertz CT molecular complexity index is 749. The lowest BCUT2D eigenvalue weighted by Gasteiger charge is -2.39. The molecule has 0 bridgehead atoms. The Labute approximate surface area is 176 Å². The molecular formula is C26H38NO2+. The van der Waals surface area contributed by atoms with Crippen LogP contribution in [0.4, 0.5) is 0 Å². The number of benzene rings is 2. The fraction of sp³-hybridized carbons (Fsp3) is 0.538. The van der Waals surface area contributed by atoms with Crippen LogP contribution in [0.15, 0.2) is 48.5 Å². The average molecular weight is 397 g/mol. The smallest absolute Gasteiger partial charge is 0.137 e. The second kappa shape index (κ2) is 10.3. The molecule has 1 atom stereocenters. The molecule has 0 spiro atoms. The predicted octanol–water partition coefficient (Wildman–Crippen LogP) is 5.45. The average Bonchev–Trinajstić information content (AvgIpc) is 2.92. The first-order valence-corrected chi connectivity index (χ1v) is 11.3. The first-order chi connectivity index (χ1) is 14.0. The van der Waals surface area contributed by atoms with Crippen LogP contribution in [0.25, 0.3) is 0 Å². The molecule has 1 saturated heterocycles. The number of rotatable bonds is 8. The summed E-state index contributed by atoms with van der Waals surface area (Å²) < 4.78 is 6.96. The molecule has 0 unspecified atom stereocenters. The van der Waals surface area contributed by atoms with E-state index in [2.05, 4.69) is 63.2 Å². The summed E-state index contributed by atoms with van der Waals surface area (Å²) in [5.74, 6) is 1.37. The van der Waals surface area contributed by atoms with E-state index < -0.39 is 6.10 Å². The molecule has 1 heterocycles. The molecular weight excluding hydrogens is 358 g/mol. The molecule has 3 nitrogen and oxygen atoms in total. The third-order valence-electron chi connectivity index (χ3n) is 6.28. The standard InChI is InChI=1S/C26H38NO2/c1-21(2)26-14-13-25(17-22(26)3)29-20-24(28)19-27(15-9-4-5-10-16-27)18-23-11-7-6-8-12-23/h6-8,11-14,17,21,24,28H,4-5,9-10,15-16,18-20H2,1-3H3/q+1/t24-/m0/s1. The van der Waals surface area contributed by atoms with Crippen LogP contribution in [0, 0.1) is 6.92 Å². The molecule has 0 aliphatic carbocycles. The number of aryl methyl sites for hydroxylation is 1. The van der Waals surface area contributed by atoms with Crippen LogP contribution in [0.1, 0.15) is 62.1 Å². The molecule has 1 aliphatic heterocycles. The number of aliphatic hydroxyl groups is 1. The first-order valence-electron chi connectivity index (χ1n) is 11.3. The number of hydrogen-bond acceptors (Lipinski definition) is 2. The van der Waals surface area contributed by atoms with E-state index in [1.165, 1.54) is 42.4 Å². The summed E-state index contributed by atoms with van der Waals surface area (Å²) in [6.07, 6.45) is 4.65. The van der Waals surface area contributed by atoms with Crippen molar-refractivity contribution in [2.24, 2.45) is 0 Å². The predicted molar refractivity (Wildman–Crippen MR) is 120 cm³/mol. The lowest BCUT2D eigenvalue weighted by Crippen LogP contribution is -2.53. The van der Waals surface area contributed by atoms with Gasteiger partial charge in [-0.1, -0.05) is 50.2 Å². The summed E-state index contributed by atoms with van der Waals surface area (Å²) in [4.78, 5) is 0. The van der Waals surface area contributed by atoms with E-state index >= 15 is 0 Å². The molecule has 1 N–H and O–H groups in total. The van der Waals surface area contributed by atoms with Crippen molar-refractivity contribution in [1.29, 1.82) is 0 Å². The van der Waals surface area contributed by atoms with Gasteiger partial charge in [0.05, 0.1) is 13.1 Å². The minimum atomic E-state index is -0.457. The second-order valence-electron chi connectivity index (χ2n) is 9.17. The number of nitrogens with zero attached hydrogens (tertiary/aromatic N) is 1. The van der Waals surface area contributed by atoms with E-state index in [0.717, 1.165) is 36.4 Å². The zero-order valence-corrected chi connectivity index (χ0v) is 18.4. The van der Waals surface area contributed by atoms with Crippen LogP contribution < -0.4 is 4.74 Å². The molecule has 0 aromatic heterocycles. The molecule has 2 aromatic carbocycles. The highest BCUT2D eigenvalue weighted by atomic mass is 16.5. The topological polar surface area (TPSA) is 29.5 Å². The van der Waals surface area contributed by atoms with Gasteiger partial charge in [0.25, 0.3) is 0 Å². The zero-order valence-electron chi connectivity index (χ0n) is 18.4. The summed E-state index contributed by atoms with van der Waals surface area (Å²) in [6.45, 7) is 11.0. The van der Waals surface area contributed by atoms with Crippen LogP contribution in [0.3, 0.4) is 0 Å². The highest BCUT2D eigenvalue weighted by molar-refractivity contribution is 5.36. The minimum absolute atomic E-state index is 0.356. The van der Waals surface area contributed by atoms with Crippen molar-refractivity contribution in [3.8, 4) is 5.75 Å². The highest BCUT2D eigenvalue weighted by Crippen LogP contribution is 2.25. The molecule has 3 rings (SSSR count). The summed E-state index contributed by atoms with van der Waals surface area (Å²) in [5.41, 5.74) is 3.98. The van der Waals surface area contributed by atoms with Crippen molar-refractivity contribution in [3.63, 3.8) is 0 Å². The maximum Gasteiger partial charge on any atom is 0.137 e. The summed E-state index contributed by atoms with van der Waals surface area (Å²) in [6, 6.07) is 17.0. The van der Waals surface area contributed by atoms with Crippen molar-refractivity contribution in [2.45, 2.75) is 65.0 Å². The molecule has 1 fully saturated rings. The van der Waals surface area contributed by atoms with E-state index in [0.29, 0.717) is 12.5 Å². The summed E-state index contributed by atoms with van der Waals surface area (Å²) >= 11 is 0. The fourth-order valence-electron chi connectivity index (χ4n) is 4.81. The zero-order chi connectivity index (χ0) is 20.7. The number of aliphatic hydroxyl groups excluding tert-OH is 1. The quantitative estimate of drug-likeness (QED) is 0.601. The van der Waals surface area contributed by atoms with Crippen molar-refractivity contribution >= 4 is 0 Å². The highest BCUT2D eigenvalue weighted by Gasteiger charge is 2.32. The van der Waals surface area contributed by atoms with Gasteiger partial charge in [-0.25, -0.2) is 0 Å². The normalized spacial score (nSPS) is 17.7. The van der Waals surface area contributed by atoms with Gasteiger partial charge in [-0.2, -0.15) is 0 Å². The minimum Gasteiger partial charge on any atom is -0.491 e. The van der Waals surface area contributed by atoms with Gasteiger partial charge in [-0.15, -0.1) is 0 Å². The van der Waals surface area contributed by atoms with Crippen LogP contribution in [-0.4, -0.2) is 41.9 Å². The lowest BCUT2D eigenvalue weighted by molar-refractivity contribution is -0.942. The third kappa shape index (κ3) is 6.32. The van der Waals surface area contributed by atoms with Gasteiger partial charge in [0.1, 0.15) is 31.5 Å². The van der Waals surface area contributed by atoms with E-state index in [9.17, 15) is 5.11 Å². The monoisotopic (exact) mass is 396 g/mol. The molecule has 1 aliphatic rings. The molecule has 0 radical (unpaired) electrons. The van der Waals surface area contributed by atoms with Crippen molar-refractivity contribution < 1.29 is 14.3 Å². The molecule has 2 aromatic rings. The van der Waals surface area contributed by atoms with E-state index in [1.807, 2.05) is 6.07 Å². The Morgan fingerprint density at radius 1 is 0.966 bits per heavy atom. The van der Waals surface area contributed by atoms with Gasteiger partial charge in [-0.05, 0) is 61.8 Å². The van der Waals surface area contributed by atoms with Gasteiger partial charge >= 0.3 is 0 Å². The Balaban J connectivity index is 1.63. The number of quaternary nitrogens is 1. The molecule has 3 heteroatoms. The van der Waals surface area contributed by atoms with Crippen molar-refractivity contribution in [2.75, 3.05) is 26.2 Å². The number of likely N-dealkylation sites (tertiary alicyclic amines) is 1. The van der Waals surface area contributed by atoms with E-state index in [4.69, 9.17) is 4.74 Å². The molecule has 29 heavy (non-hydrogen) atoms. The fourth-order valence-corrected chi connectivity index (χ4v) is 4.81. The Hall–Kier alpha value is -1.84. The van der Waals surface area contributed by atoms with Gasteiger partial charge in [0, 0.05) is 5.56 Å². The summed E-state index contributed by atoms with van der Waals surface area (Å²) in [5, 5.41) is 10.9. The molecule has 158 valence electrons. The SMILES string of the molecule is Cc1cc(OC[C@@H](O)C[N+]2(Cc3ccccc3)CCCCCC2)ccc1C(C)C. The van der Waals surface area contributed by atoms with E-state index in [1.54, 1.807) is 0 Å². The van der Waals surface area contributed by atoms with Gasteiger partial charge < -0.3 is 14.3 Å². The van der Waals surface area contributed by atoms with Crippen LogP contribution in [-0.2, 0) is 6.54 Å². The lowest BCUT2D eigenvalue weighted by atomic mass is 9.98.